The summed E-state index contributed by atoms with van der Waals surface area (Å²) in [5, 5.41) is 18.2. The maximum absolute atomic E-state index is 12.9. The van der Waals surface area contributed by atoms with Gasteiger partial charge in [0.1, 0.15) is 0 Å². The SMILES string of the molecule is Cc1cc(S(=O)(=O)N[C@H]2CCC[C@]2(C)O)ccc1-c1ccc2[nH]nc(N)c2c1C. The molecule has 0 saturated heterocycles. The first-order chi connectivity index (χ1) is 13.6. The molecule has 1 saturated carbocycles. The monoisotopic (exact) mass is 414 g/mol. The summed E-state index contributed by atoms with van der Waals surface area (Å²) in [7, 11) is -3.72. The normalized spacial score (nSPS) is 22.4. The van der Waals surface area contributed by atoms with Crippen LogP contribution in [0.5, 0.6) is 0 Å². The number of nitrogens with one attached hydrogen (secondary N) is 2. The number of aliphatic hydroxyl groups is 1. The van der Waals surface area contributed by atoms with Gasteiger partial charge in [0.15, 0.2) is 5.82 Å². The van der Waals surface area contributed by atoms with Crippen molar-refractivity contribution in [3.63, 3.8) is 0 Å². The molecule has 2 aromatic carbocycles. The van der Waals surface area contributed by atoms with E-state index in [1.165, 1.54) is 0 Å². The number of sulfonamides is 1. The number of nitrogen functional groups attached to an aromatic ring is 1. The van der Waals surface area contributed by atoms with E-state index in [4.69, 9.17) is 5.73 Å². The molecule has 0 spiro atoms. The van der Waals surface area contributed by atoms with Crippen molar-refractivity contribution in [1.29, 1.82) is 0 Å². The summed E-state index contributed by atoms with van der Waals surface area (Å²) in [5.74, 6) is 0.448. The lowest BCUT2D eigenvalue weighted by Crippen LogP contribution is -2.47. The standard InChI is InChI=1S/C21H26N4O3S/c1-12-11-14(29(27,28)25-18-5-4-10-21(18,3)26)6-7-15(12)16-8-9-17-19(13(16)2)20(22)24-23-17/h6-9,11,18,25-26H,4-5,10H2,1-3H3,(H3,22,23,24)/t18-,21-/m0/s1. The maximum atomic E-state index is 12.9. The van der Waals surface area contributed by atoms with E-state index >= 15 is 0 Å². The van der Waals surface area contributed by atoms with Gasteiger partial charge in [-0.1, -0.05) is 12.1 Å². The molecule has 3 aromatic rings. The van der Waals surface area contributed by atoms with Crippen molar-refractivity contribution in [2.45, 2.75) is 56.6 Å². The van der Waals surface area contributed by atoms with Crippen molar-refractivity contribution in [1.82, 2.24) is 14.9 Å². The number of nitrogens with zero attached hydrogens (tertiary/aromatic N) is 1. The van der Waals surface area contributed by atoms with E-state index in [0.29, 0.717) is 18.7 Å². The van der Waals surface area contributed by atoms with Gasteiger partial charge in [-0.2, -0.15) is 5.10 Å². The fourth-order valence-corrected chi connectivity index (χ4v) is 5.76. The highest BCUT2D eigenvalue weighted by molar-refractivity contribution is 7.89. The van der Waals surface area contributed by atoms with Gasteiger partial charge in [0.25, 0.3) is 0 Å². The average Bonchev–Trinajstić information content (AvgIpc) is 3.18. The molecule has 0 unspecified atom stereocenters. The number of aryl methyl sites for hydroxylation is 2. The van der Waals surface area contributed by atoms with Gasteiger partial charge in [-0.25, -0.2) is 13.1 Å². The second kappa shape index (κ2) is 6.83. The quantitative estimate of drug-likeness (QED) is 0.523. The Labute approximate surface area is 170 Å². The number of aromatic amines is 1. The molecule has 2 atom stereocenters. The summed E-state index contributed by atoms with van der Waals surface area (Å²) < 4.78 is 28.4. The minimum absolute atomic E-state index is 0.197. The van der Waals surface area contributed by atoms with Crippen LogP contribution in [0.3, 0.4) is 0 Å². The van der Waals surface area contributed by atoms with Gasteiger partial charge in [-0.15, -0.1) is 0 Å². The Bertz CT molecular complexity index is 1200. The molecule has 1 aliphatic rings. The summed E-state index contributed by atoms with van der Waals surface area (Å²) >= 11 is 0. The first-order valence-corrected chi connectivity index (χ1v) is 11.2. The molecule has 7 nitrogen and oxygen atoms in total. The molecule has 154 valence electrons. The molecule has 0 radical (unpaired) electrons. The smallest absolute Gasteiger partial charge is 0.240 e. The van der Waals surface area contributed by atoms with Crippen molar-refractivity contribution in [3.8, 4) is 11.1 Å². The van der Waals surface area contributed by atoms with E-state index in [2.05, 4.69) is 14.9 Å². The van der Waals surface area contributed by atoms with Gasteiger partial charge in [-0.3, -0.25) is 5.10 Å². The van der Waals surface area contributed by atoms with Crippen molar-refractivity contribution in [2.24, 2.45) is 0 Å². The average molecular weight is 415 g/mol. The van der Waals surface area contributed by atoms with Crippen LogP contribution in [0.4, 0.5) is 5.82 Å². The fourth-order valence-electron chi connectivity index (χ4n) is 4.30. The minimum atomic E-state index is -3.72. The largest absolute Gasteiger partial charge is 0.389 e. The molecule has 1 aromatic heterocycles. The van der Waals surface area contributed by atoms with Crippen molar-refractivity contribution in [2.75, 3.05) is 5.73 Å². The zero-order valence-electron chi connectivity index (χ0n) is 16.8. The number of anilines is 1. The molecule has 29 heavy (non-hydrogen) atoms. The Kier molecular flexibility index (Phi) is 4.68. The van der Waals surface area contributed by atoms with Crippen LogP contribution >= 0.6 is 0 Å². The molecule has 5 N–H and O–H groups in total. The van der Waals surface area contributed by atoms with Gasteiger partial charge < -0.3 is 10.8 Å². The molecule has 0 aliphatic heterocycles. The van der Waals surface area contributed by atoms with Crippen LogP contribution < -0.4 is 10.5 Å². The van der Waals surface area contributed by atoms with Crippen LogP contribution in [-0.4, -0.2) is 35.4 Å². The third-order valence-electron chi connectivity index (χ3n) is 6.04. The number of H-pyrrole nitrogens is 1. The predicted molar refractivity (Wildman–Crippen MR) is 114 cm³/mol. The molecular formula is C21H26N4O3S. The van der Waals surface area contributed by atoms with E-state index < -0.39 is 21.7 Å². The third kappa shape index (κ3) is 3.41. The number of hydrogen-bond donors (Lipinski definition) is 4. The number of fused-ring (bicyclic) bond motifs is 1. The summed E-state index contributed by atoms with van der Waals surface area (Å²) in [6, 6.07) is 8.54. The second-order valence-electron chi connectivity index (χ2n) is 8.17. The van der Waals surface area contributed by atoms with Gasteiger partial charge >= 0.3 is 0 Å². The molecule has 1 aliphatic carbocycles. The molecule has 0 bridgehead atoms. The van der Waals surface area contributed by atoms with Crippen LogP contribution in [-0.2, 0) is 10.0 Å². The first kappa shape index (κ1) is 19.9. The van der Waals surface area contributed by atoms with Crippen LogP contribution in [0.15, 0.2) is 35.2 Å². The zero-order valence-corrected chi connectivity index (χ0v) is 17.6. The highest BCUT2D eigenvalue weighted by Gasteiger charge is 2.39. The summed E-state index contributed by atoms with van der Waals surface area (Å²) in [4.78, 5) is 0.197. The molecule has 1 fully saturated rings. The number of nitrogens with two attached hydrogens (primary N) is 1. The van der Waals surface area contributed by atoms with Gasteiger partial charge in [0.2, 0.25) is 10.0 Å². The molecule has 1 heterocycles. The first-order valence-electron chi connectivity index (χ1n) is 9.69. The van der Waals surface area contributed by atoms with Gasteiger partial charge in [-0.05, 0) is 80.5 Å². The Hall–Kier alpha value is -2.42. The number of aromatic nitrogens is 2. The lowest BCUT2D eigenvalue weighted by Gasteiger charge is -2.26. The Morgan fingerprint density at radius 3 is 2.62 bits per heavy atom. The number of rotatable bonds is 4. The highest BCUT2D eigenvalue weighted by atomic mass is 32.2. The predicted octanol–water partition coefficient (Wildman–Crippen LogP) is 3.01. The topological polar surface area (TPSA) is 121 Å². The van der Waals surface area contributed by atoms with Gasteiger partial charge in [0.05, 0.1) is 22.1 Å². The van der Waals surface area contributed by atoms with E-state index in [-0.39, 0.29) is 4.90 Å². The molecular weight excluding hydrogens is 388 g/mol. The van der Waals surface area contributed by atoms with Crippen molar-refractivity contribution in [3.05, 3.63) is 41.5 Å². The lowest BCUT2D eigenvalue weighted by molar-refractivity contribution is 0.0466. The minimum Gasteiger partial charge on any atom is -0.389 e. The van der Waals surface area contributed by atoms with Crippen molar-refractivity contribution >= 4 is 26.7 Å². The lowest BCUT2D eigenvalue weighted by atomic mass is 9.94. The van der Waals surface area contributed by atoms with Crippen molar-refractivity contribution < 1.29 is 13.5 Å². The zero-order chi connectivity index (χ0) is 21.0. The van der Waals surface area contributed by atoms with E-state index in [9.17, 15) is 13.5 Å². The molecule has 0 amide bonds. The number of benzene rings is 2. The highest BCUT2D eigenvalue weighted by Crippen LogP contribution is 2.35. The summed E-state index contributed by atoms with van der Waals surface area (Å²) in [5.41, 5.74) is 9.61. The Morgan fingerprint density at radius 1 is 1.24 bits per heavy atom. The van der Waals surface area contributed by atoms with E-state index in [0.717, 1.165) is 39.6 Å². The fraction of sp³-hybridized carbons (Fsp3) is 0.381. The van der Waals surface area contributed by atoms with Gasteiger partial charge in [0, 0.05) is 5.39 Å². The molecule has 4 rings (SSSR count). The third-order valence-corrected chi connectivity index (χ3v) is 7.51. The number of hydrogen-bond acceptors (Lipinski definition) is 5. The maximum Gasteiger partial charge on any atom is 0.240 e. The summed E-state index contributed by atoms with van der Waals surface area (Å²) in [6.45, 7) is 5.56. The summed E-state index contributed by atoms with van der Waals surface area (Å²) in [6.07, 6.45) is 2.03. The molecule has 8 heteroatoms. The van der Waals surface area contributed by atoms with E-state index in [1.807, 2.05) is 32.0 Å². The van der Waals surface area contributed by atoms with E-state index in [1.54, 1.807) is 19.1 Å². The Balaban J connectivity index is 1.70. The Morgan fingerprint density at radius 2 is 1.97 bits per heavy atom. The van der Waals surface area contributed by atoms with Crippen LogP contribution in [0.1, 0.15) is 37.3 Å². The van der Waals surface area contributed by atoms with Crippen LogP contribution in [0.25, 0.3) is 22.0 Å². The van der Waals surface area contributed by atoms with Crippen LogP contribution in [0, 0.1) is 13.8 Å². The second-order valence-corrected chi connectivity index (χ2v) is 9.88. The van der Waals surface area contributed by atoms with Crippen LogP contribution in [0.2, 0.25) is 0 Å².